The fourth-order valence-corrected chi connectivity index (χ4v) is 9.91. The smallest absolute Gasteiger partial charge is 0.201 e. The Kier molecular flexibility index (Phi) is 10.8. The first-order valence-corrected chi connectivity index (χ1v) is 16.0. The number of alkyl halides is 2. The van der Waals surface area contributed by atoms with E-state index in [2.05, 4.69) is 6.92 Å². The lowest BCUT2D eigenvalue weighted by molar-refractivity contribution is 0.297. The van der Waals surface area contributed by atoms with E-state index in [1.165, 1.54) is 82.8 Å². The Balaban J connectivity index is 1.27. The molecule has 1 unspecified atom stereocenters. The number of hydrogen-bond donors (Lipinski definition) is 0. The molecule has 1 aliphatic heterocycles. The summed E-state index contributed by atoms with van der Waals surface area (Å²) in [6.45, 7) is 2.31. The van der Waals surface area contributed by atoms with Crippen molar-refractivity contribution in [2.45, 2.75) is 120 Å². The van der Waals surface area contributed by atoms with Crippen molar-refractivity contribution in [3.63, 3.8) is 0 Å². The lowest BCUT2D eigenvalue weighted by atomic mass is 9.77. The lowest BCUT2D eigenvalue weighted by Gasteiger charge is -2.30. The maximum atomic E-state index is 14.1. The summed E-state index contributed by atoms with van der Waals surface area (Å²) in [7, 11) is -0.353. The van der Waals surface area contributed by atoms with E-state index in [-0.39, 0.29) is 14.4 Å². The summed E-state index contributed by atoms with van der Waals surface area (Å²) >= 11 is 5.40. The highest BCUT2D eigenvalue weighted by atomic mass is 35.5. The SMILES string of the molecule is CCCCC[SiH]1CCC(CCCCC2CCC(c3ccc(C(F)Cl)c(F)c3)CC2)CC1. The van der Waals surface area contributed by atoms with Gasteiger partial charge in [0.15, 0.2) is 0 Å². The minimum atomic E-state index is -1.76. The van der Waals surface area contributed by atoms with E-state index in [1.54, 1.807) is 18.1 Å². The minimum Gasteiger partial charge on any atom is -0.225 e. The van der Waals surface area contributed by atoms with Crippen molar-refractivity contribution in [1.82, 2.24) is 0 Å². The molecule has 4 heteroatoms. The van der Waals surface area contributed by atoms with Crippen molar-refractivity contribution in [3.05, 3.63) is 35.1 Å². The zero-order valence-electron chi connectivity index (χ0n) is 19.6. The van der Waals surface area contributed by atoms with Gasteiger partial charge in [-0.15, -0.1) is 0 Å². The van der Waals surface area contributed by atoms with Crippen molar-refractivity contribution < 1.29 is 8.78 Å². The standard InChI is InChI=1S/C27H43ClF2Si/c1-2-3-6-17-31-18-15-22(16-19-31)8-5-4-7-21-9-11-23(12-10-21)24-13-14-25(27(28)30)26(29)20-24/h13-14,20-23,27,31H,2-12,15-19H2,1H3. The Morgan fingerprint density at radius 1 is 0.935 bits per heavy atom. The van der Waals surface area contributed by atoms with Crippen molar-refractivity contribution in [2.75, 3.05) is 0 Å². The number of halogens is 3. The zero-order chi connectivity index (χ0) is 22.1. The largest absolute Gasteiger partial charge is 0.225 e. The third kappa shape index (κ3) is 8.14. The average Bonchev–Trinajstić information content (AvgIpc) is 2.78. The first kappa shape index (κ1) is 25.2. The Morgan fingerprint density at radius 2 is 1.58 bits per heavy atom. The van der Waals surface area contributed by atoms with Crippen LogP contribution in [0.15, 0.2) is 18.2 Å². The monoisotopic (exact) mass is 468 g/mol. The van der Waals surface area contributed by atoms with Crippen molar-refractivity contribution in [3.8, 4) is 0 Å². The molecule has 176 valence electrons. The van der Waals surface area contributed by atoms with Gasteiger partial charge in [0.05, 0.1) is 0 Å². The van der Waals surface area contributed by atoms with Crippen LogP contribution in [0.3, 0.4) is 0 Å². The molecule has 0 aromatic heterocycles. The molecule has 1 aliphatic carbocycles. The van der Waals surface area contributed by atoms with E-state index in [9.17, 15) is 8.78 Å². The molecule has 1 aromatic carbocycles. The van der Waals surface area contributed by atoms with Gasteiger partial charge in [-0.25, -0.2) is 8.78 Å². The molecular formula is C27H43ClF2Si. The van der Waals surface area contributed by atoms with Gasteiger partial charge in [0.1, 0.15) is 5.82 Å². The maximum Gasteiger partial charge on any atom is 0.201 e. The fraction of sp³-hybridized carbons (Fsp3) is 0.778. The molecule has 1 saturated heterocycles. The Bertz CT molecular complexity index is 634. The number of hydrogen-bond acceptors (Lipinski definition) is 0. The van der Waals surface area contributed by atoms with Gasteiger partial charge < -0.3 is 0 Å². The summed E-state index contributed by atoms with van der Waals surface area (Å²) in [5.74, 6) is 1.80. The normalized spacial score (nSPS) is 27.9. The van der Waals surface area contributed by atoms with Gasteiger partial charge in [0.25, 0.3) is 0 Å². The van der Waals surface area contributed by atoms with Gasteiger partial charge in [-0.3, -0.25) is 0 Å². The van der Waals surface area contributed by atoms with E-state index in [0.29, 0.717) is 5.92 Å². The summed E-state index contributed by atoms with van der Waals surface area (Å²) in [5, 5.41) is 0. The van der Waals surface area contributed by atoms with Crippen molar-refractivity contribution in [1.29, 1.82) is 0 Å². The fourth-order valence-electron chi connectivity index (χ4n) is 6.12. The molecule has 0 spiro atoms. The zero-order valence-corrected chi connectivity index (χ0v) is 21.5. The molecule has 0 amide bonds. The van der Waals surface area contributed by atoms with Crippen LogP contribution in [0.25, 0.3) is 0 Å². The van der Waals surface area contributed by atoms with Crippen LogP contribution in [-0.2, 0) is 0 Å². The summed E-state index contributed by atoms with van der Waals surface area (Å²) in [6, 6.07) is 9.77. The van der Waals surface area contributed by atoms with Gasteiger partial charge >= 0.3 is 0 Å². The van der Waals surface area contributed by atoms with Gasteiger partial charge in [0.2, 0.25) is 5.63 Å². The van der Waals surface area contributed by atoms with E-state index in [4.69, 9.17) is 11.6 Å². The first-order chi connectivity index (χ1) is 15.1. The van der Waals surface area contributed by atoms with E-state index in [1.807, 2.05) is 6.07 Å². The average molecular weight is 469 g/mol. The van der Waals surface area contributed by atoms with Crippen LogP contribution in [0.4, 0.5) is 8.78 Å². The highest BCUT2D eigenvalue weighted by Gasteiger charge is 2.24. The van der Waals surface area contributed by atoms with Crippen LogP contribution < -0.4 is 0 Å². The molecule has 1 atom stereocenters. The number of unbranched alkanes of at least 4 members (excludes halogenated alkanes) is 3. The third-order valence-electron chi connectivity index (χ3n) is 8.23. The predicted octanol–water partition coefficient (Wildman–Crippen LogP) is 9.69. The van der Waals surface area contributed by atoms with E-state index in [0.717, 1.165) is 30.2 Å². The van der Waals surface area contributed by atoms with Crippen molar-refractivity contribution >= 4 is 20.4 Å². The minimum absolute atomic E-state index is 0.0357. The predicted molar refractivity (Wildman–Crippen MR) is 133 cm³/mol. The molecular weight excluding hydrogens is 426 g/mol. The Labute approximate surface area is 196 Å². The van der Waals surface area contributed by atoms with E-state index >= 15 is 0 Å². The second-order valence-corrected chi connectivity index (χ2v) is 14.3. The Morgan fingerprint density at radius 3 is 2.16 bits per heavy atom. The quantitative estimate of drug-likeness (QED) is 0.172. The topological polar surface area (TPSA) is 0 Å². The molecule has 0 bridgehead atoms. The van der Waals surface area contributed by atoms with Crippen molar-refractivity contribution in [2.24, 2.45) is 11.8 Å². The summed E-state index contributed by atoms with van der Waals surface area (Å²) in [4.78, 5) is 0. The second-order valence-electron chi connectivity index (χ2n) is 10.5. The van der Waals surface area contributed by atoms with Crippen LogP contribution in [0.5, 0.6) is 0 Å². The summed E-state index contributed by atoms with van der Waals surface area (Å²) in [5.41, 5.74) is -0.773. The molecule has 2 fully saturated rings. The number of rotatable bonds is 11. The van der Waals surface area contributed by atoms with Gasteiger partial charge in [-0.2, -0.15) is 0 Å². The second kappa shape index (κ2) is 13.3. The van der Waals surface area contributed by atoms with E-state index < -0.39 is 11.4 Å². The maximum absolute atomic E-state index is 14.1. The first-order valence-electron chi connectivity index (χ1n) is 13.1. The van der Waals surface area contributed by atoms with Gasteiger partial charge in [-0.1, -0.05) is 107 Å². The molecule has 1 aromatic rings. The molecule has 0 nitrogen and oxygen atoms in total. The Hall–Kier alpha value is -0.413. The molecule has 1 heterocycles. The molecule has 0 radical (unpaired) electrons. The lowest BCUT2D eigenvalue weighted by Crippen LogP contribution is -2.21. The summed E-state index contributed by atoms with van der Waals surface area (Å²) < 4.78 is 27.2. The van der Waals surface area contributed by atoms with Gasteiger partial charge in [-0.05, 0) is 55.1 Å². The summed E-state index contributed by atoms with van der Waals surface area (Å²) in [6.07, 6.45) is 17.8. The molecule has 1 saturated carbocycles. The molecule has 2 aliphatic rings. The highest BCUT2D eigenvalue weighted by molar-refractivity contribution is 6.58. The van der Waals surface area contributed by atoms with Crippen LogP contribution in [0.1, 0.15) is 113 Å². The molecule has 31 heavy (non-hydrogen) atoms. The molecule has 0 N–H and O–H groups in total. The van der Waals surface area contributed by atoms with Crippen LogP contribution >= 0.6 is 11.6 Å². The van der Waals surface area contributed by atoms with Crippen LogP contribution in [-0.4, -0.2) is 8.80 Å². The molecule has 3 rings (SSSR count). The highest BCUT2D eigenvalue weighted by Crippen LogP contribution is 2.39. The third-order valence-corrected chi connectivity index (χ3v) is 12.0. The van der Waals surface area contributed by atoms with Crippen LogP contribution in [0, 0.1) is 17.7 Å². The number of benzene rings is 1. The van der Waals surface area contributed by atoms with Gasteiger partial charge in [0, 0.05) is 14.4 Å². The van der Waals surface area contributed by atoms with Crippen LogP contribution in [0.2, 0.25) is 18.1 Å².